The van der Waals surface area contributed by atoms with Gasteiger partial charge in [0.05, 0.1) is 19.1 Å². The summed E-state index contributed by atoms with van der Waals surface area (Å²) in [5, 5.41) is 10.9. The van der Waals surface area contributed by atoms with E-state index >= 15 is 0 Å². The van der Waals surface area contributed by atoms with Crippen LogP contribution in [0, 0.1) is 16.7 Å². The SMILES string of the molecule is CC1(C)CC(=O)C2=C(C1)OC(N)=C(C#N)C2c1cn(CC(=O)N2CCOCC2)c2ccccc12. The highest BCUT2D eigenvalue weighted by atomic mass is 16.5. The fraction of sp³-hybridized carbons (Fsp3) is 0.423. The molecule has 2 aliphatic heterocycles. The number of morpholine rings is 1. The van der Waals surface area contributed by atoms with Gasteiger partial charge in [0.15, 0.2) is 5.78 Å². The predicted molar refractivity (Wildman–Crippen MR) is 125 cm³/mol. The Bertz CT molecular complexity index is 1290. The van der Waals surface area contributed by atoms with Crippen molar-refractivity contribution < 1.29 is 19.1 Å². The number of amides is 1. The van der Waals surface area contributed by atoms with Crippen molar-refractivity contribution in [3.8, 4) is 6.07 Å². The van der Waals surface area contributed by atoms with Gasteiger partial charge in [-0.25, -0.2) is 0 Å². The van der Waals surface area contributed by atoms with Crippen molar-refractivity contribution in [3.05, 3.63) is 58.8 Å². The molecule has 2 N–H and O–H groups in total. The van der Waals surface area contributed by atoms with E-state index in [9.17, 15) is 14.9 Å². The summed E-state index contributed by atoms with van der Waals surface area (Å²) in [6.45, 7) is 6.43. The number of benzene rings is 1. The summed E-state index contributed by atoms with van der Waals surface area (Å²) >= 11 is 0. The fourth-order valence-electron chi connectivity index (χ4n) is 5.29. The van der Waals surface area contributed by atoms with Crippen LogP contribution < -0.4 is 5.73 Å². The van der Waals surface area contributed by atoms with Crippen LogP contribution in [0.4, 0.5) is 0 Å². The Kier molecular flexibility index (Phi) is 5.45. The summed E-state index contributed by atoms with van der Waals surface area (Å²) in [6.07, 6.45) is 2.83. The van der Waals surface area contributed by atoms with E-state index in [0.717, 1.165) is 16.5 Å². The van der Waals surface area contributed by atoms with E-state index < -0.39 is 5.92 Å². The second-order valence-corrected chi connectivity index (χ2v) is 9.93. The molecule has 5 rings (SSSR count). The van der Waals surface area contributed by atoms with Crippen LogP contribution in [-0.2, 0) is 25.6 Å². The largest absolute Gasteiger partial charge is 0.444 e. The fourth-order valence-corrected chi connectivity index (χ4v) is 5.29. The number of ketones is 1. The number of carbonyl (C=O) groups is 2. The lowest BCUT2D eigenvalue weighted by molar-refractivity contribution is -0.135. The number of allylic oxidation sites excluding steroid dienone is 3. The third kappa shape index (κ3) is 3.76. The summed E-state index contributed by atoms with van der Waals surface area (Å²) in [4.78, 5) is 28.1. The zero-order chi connectivity index (χ0) is 24.0. The second kappa shape index (κ2) is 8.33. The van der Waals surface area contributed by atoms with E-state index in [2.05, 4.69) is 6.07 Å². The van der Waals surface area contributed by atoms with Gasteiger partial charge in [0, 0.05) is 48.6 Å². The van der Waals surface area contributed by atoms with Crippen LogP contribution in [0.5, 0.6) is 0 Å². The molecule has 1 amide bonds. The average Bonchev–Trinajstić information content (AvgIpc) is 3.16. The van der Waals surface area contributed by atoms with Crippen molar-refractivity contribution >= 4 is 22.6 Å². The molecular formula is C26H28N4O4. The molecule has 1 fully saturated rings. The van der Waals surface area contributed by atoms with Crippen molar-refractivity contribution in [3.63, 3.8) is 0 Å². The molecule has 0 spiro atoms. The van der Waals surface area contributed by atoms with Crippen molar-refractivity contribution in [2.24, 2.45) is 11.1 Å². The van der Waals surface area contributed by atoms with Gasteiger partial charge in [-0.05, 0) is 17.0 Å². The molecule has 0 saturated carbocycles. The number of aromatic nitrogens is 1. The number of nitrogens with two attached hydrogens (primary N) is 1. The van der Waals surface area contributed by atoms with Crippen LogP contribution >= 0.6 is 0 Å². The minimum Gasteiger partial charge on any atom is -0.444 e. The molecule has 8 heteroatoms. The van der Waals surface area contributed by atoms with Crippen LogP contribution in [0.15, 0.2) is 53.3 Å². The number of nitriles is 1. The topological polar surface area (TPSA) is 111 Å². The zero-order valence-electron chi connectivity index (χ0n) is 19.5. The first-order chi connectivity index (χ1) is 16.3. The molecule has 1 unspecified atom stereocenters. The first-order valence-electron chi connectivity index (χ1n) is 11.6. The van der Waals surface area contributed by atoms with Gasteiger partial charge in [-0.1, -0.05) is 32.0 Å². The molecule has 0 radical (unpaired) electrons. The van der Waals surface area contributed by atoms with Crippen molar-refractivity contribution in [1.82, 2.24) is 9.47 Å². The first-order valence-corrected chi connectivity index (χ1v) is 11.6. The Morgan fingerprint density at radius 1 is 1.24 bits per heavy atom. The van der Waals surface area contributed by atoms with Gasteiger partial charge < -0.3 is 24.7 Å². The number of hydrogen-bond acceptors (Lipinski definition) is 6. The average molecular weight is 461 g/mol. The molecule has 1 aromatic carbocycles. The van der Waals surface area contributed by atoms with Crippen LogP contribution in [-0.4, -0.2) is 47.5 Å². The Balaban J connectivity index is 1.62. The lowest BCUT2D eigenvalue weighted by atomic mass is 9.70. The van der Waals surface area contributed by atoms with Gasteiger partial charge in [0.2, 0.25) is 11.8 Å². The summed E-state index contributed by atoms with van der Waals surface area (Å²) in [6, 6.07) is 9.93. The van der Waals surface area contributed by atoms with Gasteiger partial charge >= 0.3 is 0 Å². The van der Waals surface area contributed by atoms with E-state index in [1.54, 1.807) is 4.90 Å². The normalized spacial score (nSPS) is 22.4. The minimum absolute atomic E-state index is 0.00791. The number of rotatable bonds is 3. The summed E-state index contributed by atoms with van der Waals surface area (Å²) in [5.74, 6) is -0.0600. The third-order valence-corrected chi connectivity index (χ3v) is 6.88. The highest BCUT2D eigenvalue weighted by Gasteiger charge is 2.43. The second-order valence-electron chi connectivity index (χ2n) is 9.93. The first kappa shape index (κ1) is 22.2. The Labute approximate surface area is 198 Å². The molecule has 1 atom stereocenters. The number of nitrogens with zero attached hydrogens (tertiary/aromatic N) is 3. The molecule has 0 bridgehead atoms. The predicted octanol–water partition coefficient (Wildman–Crippen LogP) is 2.95. The molecule has 34 heavy (non-hydrogen) atoms. The van der Waals surface area contributed by atoms with Crippen molar-refractivity contribution in [2.45, 2.75) is 39.2 Å². The van der Waals surface area contributed by atoms with E-state index in [0.29, 0.717) is 50.5 Å². The summed E-state index contributed by atoms with van der Waals surface area (Å²) < 4.78 is 13.1. The Hall–Kier alpha value is -3.57. The smallest absolute Gasteiger partial charge is 0.242 e. The van der Waals surface area contributed by atoms with Gasteiger partial charge in [-0.3, -0.25) is 9.59 Å². The van der Waals surface area contributed by atoms with Crippen molar-refractivity contribution in [2.75, 3.05) is 26.3 Å². The maximum absolute atomic E-state index is 13.3. The lowest BCUT2D eigenvalue weighted by Crippen LogP contribution is -2.42. The Morgan fingerprint density at radius 2 is 1.97 bits per heavy atom. The third-order valence-electron chi connectivity index (χ3n) is 6.88. The molecule has 3 aliphatic rings. The maximum Gasteiger partial charge on any atom is 0.242 e. The molecule has 1 aromatic heterocycles. The summed E-state index contributed by atoms with van der Waals surface area (Å²) in [7, 11) is 0. The van der Waals surface area contributed by atoms with E-state index in [4.69, 9.17) is 15.2 Å². The highest BCUT2D eigenvalue weighted by Crippen LogP contribution is 2.49. The molecule has 1 aliphatic carbocycles. The number of hydrogen-bond donors (Lipinski definition) is 1. The van der Waals surface area contributed by atoms with Gasteiger partial charge in [-0.2, -0.15) is 5.26 Å². The standard InChI is InChI=1S/C26H28N4O4/c1-26(2)11-20(31)24-21(12-26)34-25(28)17(13-27)23(24)18-14-30(19-6-4-3-5-16(18)19)15-22(32)29-7-9-33-10-8-29/h3-6,14,23H,7-12,15,28H2,1-2H3. The number of Topliss-reactive ketones (excluding diaryl/α,β-unsaturated/α-hetero) is 1. The minimum atomic E-state index is -0.623. The molecule has 176 valence electrons. The van der Waals surface area contributed by atoms with Crippen LogP contribution in [0.25, 0.3) is 10.9 Å². The van der Waals surface area contributed by atoms with E-state index in [-0.39, 0.29) is 35.1 Å². The van der Waals surface area contributed by atoms with Gasteiger partial charge in [0.25, 0.3) is 0 Å². The van der Waals surface area contributed by atoms with Crippen LogP contribution in [0.2, 0.25) is 0 Å². The zero-order valence-corrected chi connectivity index (χ0v) is 19.5. The number of ether oxygens (including phenoxy) is 2. The molecule has 2 aromatic rings. The highest BCUT2D eigenvalue weighted by molar-refractivity contribution is 6.01. The van der Waals surface area contributed by atoms with Crippen LogP contribution in [0.3, 0.4) is 0 Å². The van der Waals surface area contributed by atoms with Crippen LogP contribution in [0.1, 0.15) is 38.2 Å². The molecule has 1 saturated heterocycles. The number of para-hydroxylation sites is 1. The number of fused-ring (bicyclic) bond motifs is 1. The Morgan fingerprint density at radius 3 is 2.71 bits per heavy atom. The monoisotopic (exact) mass is 460 g/mol. The molecule has 3 heterocycles. The number of carbonyl (C=O) groups excluding carboxylic acids is 2. The molecule has 8 nitrogen and oxygen atoms in total. The van der Waals surface area contributed by atoms with E-state index in [1.165, 1.54) is 0 Å². The lowest BCUT2D eigenvalue weighted by Gasteiger charge is -2.37. The molecular weight excluding hydrogens is 432 g/mol. The maximum atomic E-state index is 13.3. The van der Waals surface area contributed by atoms with E-state index in [1.807, 2.05) is 48.9 Å². The van der Waals surface area contributed by atoms with Gasteiger partial charge in [-0.15, -0.1) is 0 Å². The quantitative estimate of drug-likeness (QED) is 0.754. The van der Waals surface area contributed by atoms with Gasteiger partial charge in [0.1, 0.15) is 23.9 Å². The van der Waals surface area contributed by atoms with Crippen molar-refractivity contribution in [1.29, 1.82) is 5.26 Å². The summed E-state index contributed by atoms with van der Waals surface area (Å²) in [5.41, 5.74) is 8.34.